The quantitative estimate of drug-likeness (QED) is 0.821. The van der Waals surface area contributed by atoms with Gasteiger partial charge >= 0.3 is 5.97 Å². The van der Waals surface area contributed by atoms with Crippen LogP contribution in [0.15, 0.2) is 30.7 Å². The fourth-order valence-corrected chi connectivity index (χ4v) is 1.57. The van der Waals surface area contributed by atoms with Crippen molar-refractivity contribution in [3.63, 3.8) is 0 Å². The molecule has 0 atom stereocenters. The van der Waals surface area contributed by atoms with Gasteiger partial charge in [0.1, 0.15) is 11.4 Å². The number of rotatable bonds is 4. The number of pyridine rings is 1. The van der Waals surface area contributed by atoms with Crippen LogP contribution in [0.5, 0.6) is 0 Å². The van der Waals surface area contributed by atoms with Gasteiger partial charge < -0.3 is 10.1 Å². The first-order valence-electron chi connectivity index (χ1n) is 5.45. The number of anilines is 1. The number of nitrogens with one attached hydrogen (secondary N) is 1. The van der Waals surface area contributed by atoms with E-state index in [1.54, 1.807) is 29.2 Å². The number of carbonyl (C=O) groups excluding carboxylic acids is 1. The molecule has 2 aromatic heterocycles. The van der Waals surface area contributed by atoms with Gasteiger partial charge in [-0.05, 0) is 12.1 Å². The lowest BCUT2D eigenvalue weighted by molar-refractivity contribution is 0.0601. The molecule has 18 heavy (non-hydrogen) atoms. The Kier molecular flexibility index (Phi) is 3.57. The van der Waals surface area contributed by atoms with Gasteiger partial charge in [0, 0.05) is 31.5 Å². The van der Waals surface area contributed by atoms with E-state index < -0.39 is 5.97 Å². The SMILES string of the molecule is COC(=O)c1cccnc1NCc1cnn(C)c1. The fourth-order valence-electron chi connectivity index (χ4n) is 1.57. The van der Waals surface area contributed by atoms with E-state index >= 15 is 0 Å². The summed E-state index contributed by atoms with van der Waals surface area (Å²) in [5.74, 6) is 0.102. The number of methoxy groups -OCH3 is 1. The number of aryl methyl sites for hydroxylation is 1. The number of hydrogen-bond acceptors (Lipinski definition) is 5. The van der Waals surface area contributed by atoms with Crippen LogP contribution in [0, 0.1) is 0 Å². The molecule has 0 radical (unpaired) electrons. The molecule has 0 aliphatic heterocycles. The fraction of sp³-hybridized carbons (Fsp3) is 0.250. The van der Waals surface area contributed by atoms with Gasteiger partial charge in [-0.3, -0.25) is 4.68 Å². The van der Waals surface area contributed by atoms with Crippen molar-refractivity contribution >= 4 is 11.8 Å². The zero-order valence-electron chi connectivity index (χ0n) is 10.3. The van der Waals surface area contributed by atoms with E-state index in [4.69, 9.17) is 4.74 Å². The summed E-state index contributed by atoms with van der Waals surface area (Å²) in [7, 11) is 3.20. The molecule has 2 heterocycles. The largest absolute Gasteiger partial charge is 0.465 e. The van der Waals surface area contributed by atoms with Gasteiger partial charge in [0.05, 0.1) is 13.3 Å². The summed E-state index contributed by atoms with van der Waals surface area (Å²) >= 11 is 0. The molecule has 2 rings (SSSR count). The van der Waals surface area contributed by atoms with Crippen molar-refractivity contribution in [1.82, 2.24) is 14.8 Å². The molecule has 0 aliphatic carbocycles. The number of hydrogen-bond donors (Lipinski definition) is 1. The molecule has 2 aromatic rings. The number of nitrogens with zero attached hydrogens (tertiary/aromatic N) is 3. The van der Waals surface area contributed by atoms with E-state index in [9.17, 15) is 4.79 Å². The molecule has 1 N–H and O–H groups in total. The lowest BCUT2D eigenvalue weighted by Crippen LogP contribution is -2.09. The summed E-state index contributed by atoms with van der Waals surface area (Å²) < 4.78 is 6.42. The first-order chi connectivity index (χ1) is 8.70. The first-order valence-corrected chi connectivity index (χ1v) is 5.45. The average molecular weight is 246 g/mol. The molecule has 0 amide bonds. The molecule has 94 valence electrons. The smallest absolute Gasteiger partial charge is 0.341 e. The Labute approximate surface area is 105 Å². The van der Waals surface area contributed by atoms with Crippen molar-refractivity contribution in [2.45, 2.75) is 6.54 Å². The molecule has 0 spiro atoms. The monoisotopic (exact) mass is 246 g/mol. The second-order valence-corrected chi connectivity index (χ2v) is 3.77. The van der Waals surface area contributed by atoms with Crippen molar-refractivity contribution in [2.24, 2.45) is 7.05 Å². The Morgan fingerprint density at radius 2 is 2.39 bits per heavy atom. The minimum atomic E-state index is -0.406. The summed E-state index contributed by atoms with van der Waals surface area (Å²) in [5.41, 5.74) is 1.43. The van der Waals surface area contributed by atoms with Crippen LogP contribution in [0.25, 0.3) is 0 Å². The number of esters is 1. The van der Waals surface area contributed by atoms with E-state index in [-0.39, 0.29) is 0 Å². The zero-order valence-corrected chi connectivity index (χ0v) is 10.3. The van der Waals surface area contributed by atoms with Crippen molar-refractivity contribution in [3.8, 4) is 0 Å². The average Bonchev–Trinajstić information content (AvgIpc) is 2.81. The topological polar surface area (TPSA) is 69.0 Å². The second-order valence-electron chi connectivity index (χ2n) is 3.77. The standard InChI is InChI=1S/C12H14N4O2/c1-16-8-9(7-15-16)6-14-11-10(12(17)18-2)4-3-5-13-11/h3-5,7-8H,6H2,1-2H3,(H,13,14). The van der Waals surface area contributed by atoms with Gasteiger partial charge in [0.15, 0.2) is 0 Å². The van der Waals surface area contributed by atoms with Crippen LogP contribution < -0.4 is 5.32 Å². The molecule has 0 unspecified atom stereocenters. The normalized spacial score (nSPS) is 10.1. The van der Waals surface area contributed by atoms with E-state index in [0.717, 1.165) is 5.56 Å². The third kappa shape index (κ3) is 2.65. The van der Waals surface area contributed by atoms with Crippen LogP contribution in [0.4, 0.5) is 5.82 Å². The molecule has 0 saturated heterocycles. The Bertz CT molecular complexity index is 551. The molecule has 0 aliphatic rings. The second kappa shape index (κ2) is 5.31. The van der Waals surface area contributed by atoms with Gasteiger partial charge in [-0.15, -0.1) is 0 Å². The van der Waals surface area contributed by atoms with Gasteiger partial charge in [-0.25, -0.2) is 9.78 Å². The van der Waals surface area contributed by atoms with Crippen LogP contribution in [-0.2, 0) is 18.3 Å². The van der Waals surface area contributed by atoms with E-state index in [2.05, 4.69) is 15.4 Å². The minimum absolute atomic E-state index is 0.406. The van der Waals surface area contributed by atoms with Crippen LogP contribution in [0.2, 0.25) is 0 Å². The Morgan fingerprint density at radius 3 is 3.06 bits per heavy atom. The van der Waals surface area contributed by atoms with Crippen LogP contribution in [0.1, 0.15) is 15.9 Å². The van der Waals surface area contributed by atoms with E-state index in [0.29, 0.717) is 17.9 Å². The van der Waals surface area contributed by atoms with Crippen molar-refractivity contribution < 1.29 is 9.53 Å². The van der Waals surface area contributed by atoms with Crippen molar-refractivity contribution in [3.05, 3.63) is 41.9 Å². The third-order valence-electron chi connectivity index (χ3n) is 2.43. The maximum absolute atomic E-state index is 11.5. The molecule has 0 fully saturated rings. The summed E-state index contributed by atoms with van der Waals surface area (Å²) in [4.78, 5) is 15.7. The third-order valence-corrected chi connectivity index (χ3v) is 2.43. The van der Waals surface area contributed by atoms with Gasteiger partial charge in [0.25, 0.3) is 0 Å². The summed E-state index contributed by atoms with van der Waals surface area (Å²) in [6.07, 6.45) is 5.28. The van der Waals surface area contributed by atoms with E-state index in [1.807, 2.05) is 13.2 Å². The lowest BCUT2D eigenvalue weighted by atomic mass is 10.2. The molecule has 0 bridgehead atoms. The highest BCUT2D eigenvalue weighted by atomic mass is 16.5. The maximum atomic E-state index is 11.5. The first kappa shape index (κ1) is 12.1. The highest BCUT2D eigenvalue weighted by Crippen LogP contribution is 2.13. The molecule has 6 heteroatoms. The number of aromatic nitrogens is 3. The van der Waals surface area contributed by atoms with Crippen LogP contribution in [0.3, 0.4) is 0 Å². The summed E-state index contributed by atoms with van der Waals surface area (Å²) in [5, 5.41) is 7.16. The van der Waals surface area contributed by atoms with Crippen molar-refractivity contribution in [2.75, 3.05) is 12.4 Å². The Hall–Kier alpha value is -2.37. The molecular weight excluding hydrogens is 232 g/mol. The molecule has 0 saturated carbocycles. The summed E-state index contributed by atoms with van der Waals surface area (Å²) in [6.45, 7) is 0.550. The highest BCUT2D eigenvalue weighted by Gasteiger charge is 2.11. The maximum Gasteiger partial charge on any atom is 0.341 e. The predicted octanol–water partition coefficient (Wildman–Crippen LogP) is 1.21. The van der Waals surface area contributed by atoms with Crippen LogP contribution in [-0.4, -0.2) is 27.8 Å². The lowest BCUT2D eigenvalue weighted by Gasteiger charge is -2.08. The molecule has 0 aromatic carbocycles. The van der Waals surface area contributed by atoms with Gasteiger partial charge in [-0.1, -0.05) is 0 Å². The Morgan fingerprint density at radius 1 is 1.56 bits per heavy atom. The van der Waals surface area contributed by atoms with E-state index in [1.165, 1.54) is 7.11 Å². The minimum Gasteiger partial charge on any atom is -0.465 e. The van der Waals surface area contributed by atoms with Crippen molar-refractivity contribution in [1.29, 1.82) is 0 Å². The highest BCUT2D eigenvalue weighted by molar-refractivity contribution is 5.94. The van der Waals surface area contributed by atoms with Gasteiger partial charge in [0.2, 0.25) is 0 Å². The summed E-state index contributed by atoms with van der Waals surface area (Å²) in [6, 6.07) is 3.37. The molecule has 6 nitrogen and oxygen atoms in total. The van der Waals surface area contributed by atoms with Crippen LogP contribution >= 0.6 is 0 Å². The zero-order chi connectivity index (χ0) is 13.0. The number of ether oxygens (including phenoxy) is 1. The number of carbonyl (C=O) groups is 1. The predicted molar refractivity (Wildman–Crippen MR) is 66.1 cm³/mol. The Balaban J connectivity index is 2.11. The molecular formula is C12H14N4O2. The van der Waals surface area contributed by atoms with Gasteiger partial charge in [-0.2, -0.15) is 5.10 Å².